The normalized spacial score (nSPS) is 17.3. The first-order valence-electron chi connectivity index (χ1n) is 13.0. The highest BCUT2D eigenvalue weighted by atomic mass is 35.5. The zero-order valence-electron chi connectivity index (χ0n) is 22.2. The molecule has 0 unspecified atom stereocenters. The van der Waals surface area contributed by atoms with E-state index in [-0.39, 0.29) is 5.91 Å². The van der Waals surface area contributed by atoms with E-state index >= 15 is 0 Å². The van der Waals surface area contributed by atoms with Crippen molar-refractivity contribution in [3.8, 4) is 0 Å². The number of hydrogen-bond donors (Lipinski definition) is 2. The Balaban J connectivity index is 1.28. The average molecular weight is 545 g/mol. The average Bonchev–Trinajstić information content (AvgIpc) is 3.37. The maximum Gasteiger partial charge on any atom is 0.272 e. The molecule has 2 aromatic rings. The van der Waals surface area contributed by atoms with Crippen LogP contribution in [0, 0.1) is 13.8 Å². The van der Waals surface area contributed by atoms with Crippen LogP contribution < -0.4 is 16.2 Å². The van der Waals surface area contributed by atoms with Crippen LogP contribution in [0.25, 0.3) is 0 Å². The Bertz CT molecular complexity index is 1120. The molecule has 0 radical (unpaired) electrons. The number of hydrogen-bond acceptors (Lipinski definition) is 9. The van der Waals surface area contributed by atoms with Crippen molar-refractivity contribution in [2.75, 3.05) is 77.2 Å². The molecule has 0 aliphatic carbocycles. The molecule has 2 aliphatic rings. The van der Waals surface area contributed by atoms with Crippen LogP contribution in [-0.2, 0) is 9.47 Å². The number of aliphatic imine (C=N–C) groups is 1. The van der Waals surface area contributed by atoms with Gasteiger partial charge in [-0.3, -0.25) is 20.1 Å². The molecule has 2 saturated heterocycles. The number of ether oxygens (including phenoxy) is 2. The molecule has 3 heterocycles. The fourth-order valence-corrected chi connectivity index (χ4v) is 4.48. The first kappa shape index (κ1) is 28.2. The zero-order valence-corrected chi connectivity index (χ0v) is 22.9. The number of nitrogens with one attached hydrogen (secondary N) is 1. The second-order valence-corrected chi connectivity index (χ2v) is 9.72. The molecule has 0 saturated carbocycles. The summed E-state index contributed by atoms with van der Waals surface area (Å²) in [4.78, 5) is 30.9. The van der Waals surface area contributed by atoms with Gasteiger partial charge in [0.05, 0.1) is 32.1 Å². The van der Waals surface area contributed by atoms with Gasteiger partial charge in [-0.15, -0.1) is 0 Å². The van der Waals surface area contributed by atoms with E-state index in [1.165, 1.54) is 0 Å². The quantitative estimate of drug-likeness (QED) is 0.409. The van der Waals surface area contributed by atoms with Gasteiger partial charge in [0.25, 0.3) is 5.91 Å². The van der Waals surface area contributed by atoms with Gasteiger partial charge in [-0.05, 0) is 31.5 Å². The first-order chi connectivity index (χ1) is 18.4. The lowest BCUT2D eigenvalue weighted by Gasteiger charge is -2.34. The van der Waals surface area contributed by atoms with E-state index in [0.717, 1.165) is 54.7 Å². The predicted molar refractivity (Wildman–Crippen MR) is 148 cm³/mol. The van der Waals surface area contributed by atoms with Gasteiger partial charge in [0, 0.05) is 63.3 Å². The van der Waals surface area contributed by atoms with Gasteiger partial charge in [-0.25, -0.2) is 15.0 Å². The molecule has 1 aromatic heterocycles. The van der Waals surface area contributed by atoms with Gasteiger partial charge in [-0.2, -0.15) is 0 Å². The second kappa shape index (κ2) is 13.8. The van der Waals surface area contributed by atoms with E-state index in [9.17, 15) is 4.79 Å². The number of amidine groups is 1. The summed E-state index contributed by atoms with van der Waals surface area (Å²) in [5.74, 6) is 1.67. The molecule has 0 bridgehead atoms. The largest absolute Gasteiger partial charge is 0.378 e. The molecule has 38 heavy (non-hydrogen) atoms. The number of carbonyl (C=O) groups excluding carboxylic acids is 1. The Kier molecular flexibility index (Phi) is 10.2. The van der Waals surface area contributed by atoms with Gasteiger partial charge >= 0.3 is 0 Å². The van der Waals surface area contributed by atoms with E-state index in [0.29, 0.717) is 63.4 Å². The number of aromatic nitrogens is 2. The SMILES string of the molecule is Cc1nc(N=C2CCN(c3ccc(C)c(Cl)c3)N2)cc(C(=O)N2CCN(CCOCCOCCN)CC2)n1. The van der Waals surface area contributed by atoms with Gasteiger partial charge in [0.15, 0.2) is 5.82 Å². The number of benzene rings is 1. The smallest absolute Gasteiger partial charge is 0.272 e. The number of nitrogens with two attached hydrogens (primary N) is 1. The zero-order chi connectivity index (χ0) is 26.9. The van der Waals surface area contributed by atoms with E-state index in [1.54, 1.807) is 13.0 Å². The summed E-state index contributed by atoms with van der Waals surface area (Å²) >= 11 is 6.29. The highest BCUT2D eigenvalue weighted by Crippen LogP contribution is 2.24. The highest BCUT2D eigenvalue weighted by Gasteiger charge is 2.24. The maximum absolute atomic E-state index is 13.2. The molecule has 12 heteroatoms. The number of amides is 1. The number of rotatable bonds is 11. The van der Waals surface area contributed by atoms with Crippen molar-refractivity contribution in [1.82, 2.24) is 25.2 Å². The fraction of sp³-hybridized carbons (Fsp3) is 0.538. The van der Waals surface area contributed by atoms with Crippen molar-refractivity contribution in [2.45, 2.75) is 20.3 Å². The van der Waals surface area contributed by atoms with Crippen LogP contribution in [0.3, 0.4) is 0 Å². The highest BCUT2D eigenvalue weighted by molar-refractivity contribution is 6.31. The molecule has 1 aromatic carbocycles. The third-order valence-corrected chi connectivity index (χ3v) is 6.85. The third-order valence-electron chi connectivity index (χ3n) is 6.44. The number of aryl methyl sites for hydroxylation is 2. The first-order valence-corrected chi connectivity index (χ1v) is 13.4. The monoisotopic (exact) mass is 544 g/mol. The molecule has 3 N–H and O–H groups in total. The van der Waals surface area contributed by atoms with Crippen LogP contribution in [0.2, 0.25) is 5.02 Å². The molecule has 0 spiro atoms. The Morgan fingerprint density at radius 1 is 1.05 bits per heavy atom. The molecule has 4 rings (SSSR count). The molecular formula is C26H37ClN8O3. The van der Waals surface area contributed by atoms with Crippen molar-refractivity contribution in [1.29, 1.82) is 0 Å². The molecular weight excluding hydrogens is 508 g/mol. The summed E-state index contributed by atoms with van der Waals surface area (Å²) in [6, 6.07) is 7.62. The summed E-state index contributed by atoms with van der Waals surface area (Å²) < 4.78 is 10.9. The summed E-state index contributed by atoms with van der Waals surface area (Å²) in [7, 11) is 0. The number of anilines is 1. The lowest BCUT2D eigenvalue weighted by Crippen LogP contribution is -2.49. The van der Waals surface area contributed by atoms with Crippen LogP contribution in [0.15, 0.2) is 29.3 Å². The van der Waals surface area contributed by atoms with Crippen LogP contribution in [0.1, 0.15) is 28.3 Å². The molecule has 1 amide bonds. The van der Waals surface area contributed by atoms with Crippen molar-refractivity contribution in [3.63, 3.8) is 0 Å². The van der Waals surface area contributed by atoms with Crippen LogP contribution in [-0.4, -0.2) is 104 Å². The fourth-order valence-electron chi connectivity index (χ4n) is 4.30. The van der Waals surface area contributed by atoms with Gasteiger partial charge in [0.1, 0.15) is 17.4 Å². The third kappa shape index (κ3) is 7.84. The minimum absolute atomic E-state index is 0.0970. The van der Waals surface area contributed by atoms with Gasteiger partial charge in [-0.1, -0.05) is 17.7 Å². The Morgan fingerprint density at radius 2 is 1.82 bits per heavy atom. The van der Waals surface area contributed by atoms with Gasteiger partial charge in [0.2, 0.25) is 0 Å². The molecule has 0 atom stereocenters. The standard InChI is InChI=1S/C26H37ClN8O3/c1-19-3-4-21(17-22(19)27)35-7-5-24(32-35)31-25-18-23(29-20(2)30-25)26(36)34-10-8-33(9-11-34)12-14-38-16-15-37-13-6-28/h3-4,17-18H,5-16,28H2,1-2H3,(H,29,30,31,32). The van der Waals surface area contributed by atoms with E-state index in [4.69, 9.17) is 26.8 Å². The van der Waals surface area contributed by atoms with Crippen molar-refractivity contribution >= 4 is 34.8 Å². The minimum atomic E-state index is -0.0970. The minimum Gasteiger partial charge on any atom is -0.378 e. The maximum atomic E-state index is 13.2. The number of carbonyl (C=O) groups is 1. The lowest BCUT2D eigenvalue weighted by molar-refractivity contribution is 0.0323. The predicted octanol–water partition coefficient (Wildman–Crippen LogP) is 1.94. The van der Waals surface area contributed by atoms with Crippen LogP contribution in [0.4, 0.5) is 11.5 Å². The Morgan fingerprint density at radius 3 is 2.55 bits per heavy atom. The number of hydrazine groups is 1. The van der Waals surface area contributed by atoms with Crippen molar-refractivity contribution in [2.24, 2.45) is 10.7 Å². The number of nitrogens with zero attached hydrogens (tertiary/aromatic N) is 6. The van der Waals surface area contributed by atoms with E-state index in [1.807, 2.05) is 35.0 Å². The summed E-state index contributed by atoms with van der Waals surface area (Å²) in [6.45, 7) is 11.0. The summed E-state index contributed by atoms with van der Waals surface area (Å²) in [6.07, 6.45) is 0.726. The number of piperazine rings is 1. The van der Waals surface area contributed by atoms with E-state index in [2.05, 4.69) is 25.3 Å². The number of halogens is 1. The van der Waals surface area contributed by atoms with Crippen molar-refractivity contribution < 1.29 is 14.3 Å². The Hall–Kier alpha value is -2.83. The summed E-state index contributed by atoms with van der Waals surface area (Å²) in [5.41, 5.74) is 11.1. The Labute approximate surface area is 228 Å². The molecule has 2 fully saturated rings. The van der Waals surface area contributed by atoms with Crippen molar-refractivity contribution in [3.05, 3.63) is 46.4 Å². The van der Waals surface area contributed by atoms with E-state index < -0.39 is 0 Å². The van der Waals surface area contributed by atoms with Crippen LogP contribution >= 0.6 is 11.6 Å². The molecule has 2 aliphatic heterocycles. The lowest BCUT2D eigenvalue weighted by atomic mass is 10.2. The van der Waals surface area contributed by atoms with Crippen LogP contribution in [0.5, 0.6) is 0 Å². The molecule has 206 valence electrons. The topological polar surface area (TPSA) is 121 Å². The van der Waals surface area contributed by atoms with Gasteiger partial charge < -0.3 is 20.1 Å². The summed E-state index contributed by atoms with van der Waals surface area (Å²) in [5, 5.41) is 2.73. The second-order valence-electron chi connectivity index (χ2n) is 9.31. The molecule has 11 nitrogen and oxygen atoms in total.